The maximum atomic E-state index is 13.2. The molecule has 2 N–H and O–H groups in total. The van der Waals surface area contributed by atoms with E-state index in [1.807, 2.05) is 32.9 Å². The number of benzene rings is 1. The van der Waals surface area contributed by atoms with Crippen molar-refractivity contribution in [2.24, 2.45) is 0 Å². The number of anilines is 1. The van der Waals surface area contributed by atoms with Gasteiger partial charge in [0.15, 0.2) is 11.5 Å². The highest BCUT2D eigenvalue weighted by Crippen LogP contribution is 2.50. The Morgan fingerprint density at radius 2 is 1.72 bits per heavy atom. The first-order valence-electron chi connectivity index (χ1n) is 10.6. The zero-order valence-electron chi connectivity index (χ0n) is 19.8. The largest absolute Gasteiger partial charge is 0.493 e. The molecule has 172 valence electrons. The van der Waals surface area contributed by atoms with E-state index in [-0.39, 0.29) is 22.9 Å². The van der Waals surface area contributed by atoms with Gasteiger partial charge in [-0.1, -0.05) is 6.07 Å². The van der Waals surface area contributed by atoms with Crippen molar-refractivity contribution < 1.29 is 19.0 Å². The van der Waals surface area contributed by atoms with Gasteiger partial charge >= 0.3 is 0 Å². The van der Waals surface area contributed by atoms with Crippen LogP contribution in [-0.4, -0.2) is 32.8 Å². The molecule has 1 aliphatic carbocycles. The van der Waals surface area contributed by atoms with Gasteiger partial charge in [-0.05, 0) is 68.5 Å². The molecule has 0 bridgehead atoms. The maximum Gasteiger partial charge on any atom is 0.217 e. The lowest BCUT2D eigenvalue weighted by atomic mass is 9.95. The molecule has 7 nitrogen and oxygen atoms in total. The standard InChI is InChI=1S/C25H32N2O5/c1-14(28)26-18-10-8-15-12-21(30-5)23(31-6)24(32-7)22(15)16-9-11-19(27-25(2,3)4)20(29)13-17(16)18/h9,11-13,18H,8,10H2,1-7H3,(H,26,28)(H,27,29)/t18-/m0/s1. The Morgan fingerprint density at radius 3 is 2.28 bits per heavy atom. The second-order valence-corrected chi connectivity index (χ2v) is 8.97. The SMILES string of the molecule is COc1cc2c(c(OC)c1OC)-c1ccc(NC(C)(C)C)c(=O)cc1[C@@H](NC(C)=O)CC2. The lowest BCUT2D eigenvalue weighted by molar-refractivity contribution is -0.119. The van der Waals surface area contributed by atoms with Crippen molar-refractivity contribution in [2.45, 2.75) is 52.1 Å². The molecule has 0 unspecified atom stereocenters. The van der Waals surface area contributed by atoms with Crippen LogP contribution in [0.1, 0.15) is 51.3 Å². The first-order chi connectivity index (χ1) is 15.1. The number of ether oxygens (including phenoxy) is 3. The molecule has 1 atom stereocenters. The van der Waals surface area contributed by atoms with Crippen LogP contribution in [0.2, 0.25) is 0 Å². The van der Waals surface area contributed by atoms with Crippen LogP contribution < -0.4 is 30.3 Å². The molecular weight excluding hydrogens is 408 g/mol. The molecule has 0 fully saturated rings. The maximum absolute atomic E-state index is 13.2. The van der Waals surface area contributed by atoms with E-state index in [0.29, 0.717) is 35.8 Å². The van der Waals surface area contributed by atoms with Crippen molar-refractivity contribution in [1.82, 2.24) is 5.32 Å². The molecule has 7 heteroatoms. The molecule has 0 spiro atoms. The van der Waals surface area contributed by atoms with E-state index in [9.17, 15) is 9.59 Å². The number of fused-ring (bicyclic) bond motifs is 3. The van der Waals surface area contributed by atoms with Crippen molar-refractivity contribution in [3.8, 4) is 28.4 Å². The highest BCUT2D eigenvalue weighted by atomic mass is 16.5. The molecule has 0 saturated carbocycles. The van der Waals surface area contributed by atoms with Crippen molar-refractivity contribution >= 4 is 11.6 Å². The van der Waals surface area contributed by atoms with Crippen LogP contribution in [0, 0.1) is 0 Å². The van der Waals surface area contributed by atoms with E-state index in [2.05, 4.69) is 10.6 Å². The molecule has 0 aliphatic heterocycles. The number of methoxy groups -OCH3 is 3. The zero-order chi connectivity index (χ0) is 23.6. The first-order valence-corrected chi connectivity index (χ1v) is 10.6. The summed E-state index contributed by atoms with van der Waals surface area (Å²) in [5, 5.41) is 6.30. The van der Waals surface area contributed by atoms with Crippen LogP contribution >= 0.6 is 0 Å². The quantitative estimate of drug-likeness (QED) is 0.729. The Morgan fingerprint density at radius 1 is 1.03 bits per heavy atom. The Kier molecular flexibility index (Phi) is 6.67. The van der Waals surface area contributed by atoms with E-state index in [1.165, 1.54) is 6.92 Å². The molecule has 0 radical (unpaired) electrons. The minimum atomic E-state index is -0.320. The minimum absolute atomic E-state index is 0.139. The summed E-state index contributed by atoms with van der Waals surface area (Å²) in [5.41, 5.74) is 3.47. The number of carbonyl (C=O) groups excluding carboxylic acids is 1. The summed E-state index contributed by atoms with van der Waals surface area (Å²) in [6.07, 6.45) is 1.29. The Bertz CT molecular complexity index is 1090. The van der Waals surface area contributed by atoms with Gasteiger partial charge in [0.25, 0.3) is 0 Å². The van der Waals surface area contributed by atoms with Gasteiger partial charge in [0.2, 0.25) is 17.1 Å². The average molecular weight is 441 g/mol. The van der Waals surface area contributed by atoms with Gasteiger partial charge in [0.05, 0.1) is 33.1 Å². The smallest absolute Gasteiger partial charge is 0.217 e. The molecule has 32 heavy (non-hydrogen) atoms. The van der Waals surface area contributed by atoms with Crippen LogP contribution in [0.3, 0.4) is 0 Å². The molecular formula is C25H32N2O5. The number of hydrogen-bond acceptors (Lipinski definition) is 6. The zero-order valence-corrected chi connectivity index (χ0v) is 19.8. The summed E-state index contributed by atoms with van der Waals surface area (Å²) in [6.45, 7) is 7.48. The van der Waals surface area contributed by atoms with Crippen molar-refractivity contribution in [3.63, 3.8) is 0 Å². The van der Waals surface area contributed by atoms with E-state index in [1.54, 1.807) is 33.5 Å². The third-order valence-electron chi connectivity index (χ3n) is 5.43. The van der Waals surface area contributed by atoms with Gasteiger partial charge in [-0.15, -0.1) is 0 Å². The van der Waals surface area contributed by atoms with Crippen LogP contribution in [0.25, 0.3) is 11.1 Å². The monoisotopic (exact) mass is 440 g/mol. The number of amides is 1. The molecule has 2 aromatic rings. The number of aryl methyl sites for hydroxylation is 1. The van der Waals surface area contributed by atoms with Gasteiger partial charge in [0, 0.05) is 18.0 Å². The van der Waals surface area contributed by atoms with E-state index < -0.39 is 0 Å². The molecule has 0 heterocycles. The number of nitrogens with one attached hydrogen (secondary N) is 2. The molecule has 0 aromatic heterocycles. The van der Waals surface area contributed by atoms with Crippen molar-refractivity contribution in [2.75, 3.05) is 26.6 Å². The van der Waals surface area contributed by atoms with Crippen molar-refractivity contribution in [3.05, 3.63) is 45.6 Å². The highest BCUT2D eigenvalue weighted by Gasteiger charge is 2.29. The van der Waals surface area contributed by atoms with Crippen molar-refractivity contribution in [1.29, 1.82) is 0 Å². The van der Waals surface area contributed by atoms with Crippen LogP contribution in [0.5, 0.6) is 17.2 Å². The second-order valence-electron chi connectivity index (χ2n) is 8.97. The van der Waals surface area contributed by atoms with Crippen LogP contribution in [-0.2, 0) is 11.2 Å². The lowest BCUT2D eigenvalue weighted by Gasteiger charge is -2.21. The van der Waals surface area contributed by atoms with E-state index in [4.69, 9.17) is 14.2 Å². The molecule has 0 saturated heterocycles. The third kappa shape index (κ3) is 4.66. The fourth-order valence-electron chi connectivity index (χ4n) is 4.21. The second kappa shape index (κ2) is 9.10. The normalized spacial score (nSPS) is 15.0. The van der Waals surface area contributed by atoms with Gasteiger partial charge in [-0.3, -0.25) is 9.59 Å². The number of carbonyl (C=O) groups is 1. The van der Waals surface area contributed by atoms with E-state index >= 15 is 0 Å². The fourth-order valence-corrected chi connectivity index (χ4v) is 4.21. The van der Waals surface area contributed by atoms with Crippen LogP contribution in [0.15, 0.2) is 29.1 Å². The first kappa shape index (κ1) is 23.4. The van der Waals surface area contributed by atoms with Crippen LogP contribution in [0.4, 0.5) is 5.69 Å². The molecule has 1 amide bonds. The fraction of sp³-hybridized carbons (Fsp3) is 0.440. The summed E-state index contributed by atoms with van der Waals surface area (Å²) in [4.78, 5) is 25.1. The van der Waals surface area contributed by atoms with E-state index in [0.717, 1.165) is 22.3 Å². The third-order valence-corrected chi connectivity index (χ3v) is 5.43. The van der Waals surface area contributed by atoms with Gasteiger partial charge in [-0.25, -0.2) is 0 Å². The molecule has 1 aliphatic rings. The molecule has 3 rings (SSSR count). The summed E-state index contributed by atoms with van der Waals surface area (Å²) in [5.74, 6) is 1.44. The Balaban J connectivity index is 2.38. The molecule has 2 aromatic carbocycles. The topological polar surface area (TPSA) is 85.9 Å². The number of hydrogen-bond donors (Lipinski definition) is 2. The Hall–Kier alpha value is -3.22. The predicted octanol–water partition coefficient (Wildman–Crippen LogP) is 4.07. The summed E-state index contributed by atoms with van der Waals surface area (Å²) in [6, 6.07) is 6.95. The Labute approximate surface area is 189 Å². The average Bonchev–Trinajstić information content (AvgIpc) is 2.95. The summed E-state index contributed by atoms with van der Waals surface area (Å²) >= 11 is 0. The van der Waals surface area contributed by atoms with Gasteiger partial charge in [0.1, 0.15) is 0 Å². The number of rotatable bonds is 5. The van der Waals surface area contributed by atoms with Gasteiger partial charge in [-0.2, -0.15) is 0 Å². The highest BCUT2D eigenvalue weighted by molar-refractivity contribution is 5.83. The lowest BCUT2D eigenvalue weighted by Crippen LogP contribution is -2.29. The summed E-state index contributed by atoms with van der Waals surface area (Å²) < 4.78 is 16.9. The minimum Gasteiger partial charge on any atom is -0.493 e. The predicted molar refractivity (Wildman–Crippen MR) is 126 cm³/mol. The summed E-state index contributed by atoms with van der Waals surface area (Å²) in [7, 11) is 4.74. The van der Waals surface area contributed by atoms with Gasteiger partial charge < -0.3 is 24.8 Å².